The number of carbonyl (C=O) groups is 1. The highest BCUT2D eigenvalue weighted by Crippen LogP contribution is 2.27. The van der Waals surface area contributed by atoms with Crippen LogP contribution >= 0.6 is 11.3 Å². The van der Waals surface area contributed by atoms with Gasteiger partial charge in [0.25, 0.3) is 0 Å². The van der Waals surface area contributed by atoms with Crippen LogP contribution in [0.3, 0.4) is 0 Å². The molecule has 0 saturated heterocycles. The van der Waals surface area contributed by atoms with Crippen molar-refractivity contribution >= 4 is 22.4 Å². The predicted octanol–water partition coefficient (Wildman–Crippen LogP) is 2.71. The molecule has 2 aromatic rings. The highest BCUT2D eigenvalue weighted by Gasteiger charge is 2.32. The minimum atomic E-state index is -0.971. The van der Waals surface area contributed by atoms with Gasteiger partial charge in [0.15, 0.2) is 5.13 Å². The molecule has 5 nitrogen and oxygen atoms in total. The molecule has 2 heterocycles. The van der Waals surface area contributed by atoms with E-state index in [0.29, 0.717) is 17.4 Å². The van der Waals surface area contributed by atoms with E-state index in [-0.39, 0.29) is 0 Å². The van der Waals surface area contributed by atoms with E-state index in [1.54, 1.807) is 25.5 Å². The minimum absolute atomic E-state index is 0.535. The topological polar surface area (TPSA) is 75.4 Å². The zero-order valence-corrected chi connectivity index (χ0v) is 11.0. The standard InChI is InChI=1S/C12H14N2O3S/c1-12(2,10(15)16)9-7-18-11(14-9)13-6-8-4-3-5-17-8/h3-5,7H,6H2,1-2H3,(H,13,14)(H,15,16). The second-order valence-corrected chi connectivity index (χ2v) is 5.26. The fourth-order valence-electron chi connectivity index (χ4n) is 1.33. The van der Waals surface area contributed by atoms with Crippen LogP contribution in [0, 0.1) is 0 Å². The smallest absolute Gasteiger partial charge is 0.315 e. The molecule has 0 atom stereocenters. The Bertz CT molecular complexity index is 531. The first kappa shape index (κ1) is 12.6. The molecule has 96 valence electrons. The van der Waals surface area contributed by atoms with Gasteiger partial charge in [-0.05, 0) is 26.0 Å². The van der Waals surface area contributed by atoms with Gasteiger partial charge in [0.2, 0.25) is 0 Å². The molecular weight excluding hydrogens is 252 g/mol. The van der Waals surface area contributed by atoms with Crippen molar-refractivity contribution in [3.8, 4) is 0 Å². The van der Waals surface area contributed by atoms with E-state index in [9.17, 15) is 4.79 Å². The van der Waals surface area contributed by atoms with Crippen LogP contribution in [-0.4, -0.2) is 16.1 Å². The van der Waals surface area contributed by atoms with E-state index in [2.05, 4.69) is 10.3 Å². The zero-order valence-electron chi connectivity index (χ0n) is 10.1. The summed E-state index contributed by atoms with van der Waals surface area (Å²) >= 11 is 1.39. The Balaban J connectivity index is 2.04. The average Bonchev–Trinajstić information content (AvgIpc) is 2.97. The van der Waals surface area contributed by atoms with Gasteiger partial charge in [-0.25, -0.2) is 4.98 Å². The van der Waals surface area contributed by atoms with Crippen molar-refractivity contribution in [3.63, 3.8) is 0 Å². The van der Waals surface area contributed by atoms with Crippen molar-refractivity contribution < 1.29 is 14.3 Å². The monoisotopic (exact) mass is 266 g/mol. The van der Waals surface area contributed by atoms with Gasteiger partial charge in [-0.2, -0.15) is 0 Å². The highest BCUT2D eigenvalue weighted by molar-refractivity contribution is 7.13. The summed E-state index contributed by atoms with van der Waals surface area (Å²) in [5.74, 6) is -0.0744. The molecular formula is C12H14N2O3S. The lowest BCUT2D eigenvalue weighted by atomic mass is 9.90. The molecule has 6 heteroatoms. The van der Waals surface area contributed by atoms with Crippen molar-refractivity contribution in [1.29, 1.82) is 0 Å². The number of nitrogens with zero attached hydrogens (tertiary/aromatic N) is 1. The lowest BCUT2D eigenvalue weighted by molar-refractivity contribution is -0.142. The summed E-state index contributed by atoms with van der Waals surface area (Å²) in [6, 6.07) is 3.68. The van der Waals surface area contributed by atoms with E-state index in [0.717, 1.165) is 5.76 Å². The molecule has 0 bridgehead atoms. The molecule has 0 aliphatic carbocycles. The first-order chi connectivity index (χ1) is 8.50. The third kappa shape index (κ3) is 2.53. The molecule has 0 fully saturated rings. The van der Waals surface area contributed by atoms with Crippen LogP contribution in [-0.2, 0) is 16.8 Å². The minimum Gasteiger partial charge on any atom is -0.481 e. The van der Waals surface area contributed by atoms with Gasteiger partial charge in [-0.15, -0.1) is 11.3 Å². The number of carboxylic acids is 1. The Hall–Kier alpha value is -1.82. The fraction of sp³-hybridized carbons (Fsp3) is 0.333. The summed E-state index contributed by atoms with van der Waals surface area (Å²) in [6.45, 7) is 3.81. The first-order valence-corrected chi connectivity index (χ1v) is 6.34. The van der Waals surface area contributed by atoms with Gasteiger partial charge >= 0.3 is 5.97 Å². The molecule has 2 N–H and O–H groups in total. The number of aliphatic carboxylic acids is 1. The summed E-state index contributed by atoms with van der Waals surface area (Å²) in [7, 11) is 0. The molecule has 18 heavy (non-hydrogen) atoms. The predicted molar refractivity (Wildman–Crippen MR) is 68.8 cm³/mol. The maximum Gasteiger partial charge on any atom is 0.315 e. The summed E-state index contributed by atoms with van der Waals surface area (Å²) in [5, 5.41) is 14.7. The highest BCUT2D eigenvalue weighted by atomic mass is 32.1. The lowest BCUT2D eigenvalue weighted by Gasteiger charge is -2.15. The van der Waals surface area contributed by atoms with Crippen molar-refractivity contribution in [2.45, 2.75) is 25.8 Å². The second-order valence-electron chi connectivity index (χ2n) is 4.40. The van der Waals surface area contributed by atoms with Crippen LogP contribution in [0.4, 0.5) is 5.13 Å². The van der Waals surface area contributed by atoms with Gasteiger partial charge in [-0.3, -0.25) is 4.79 Å². The Morgan fingerprint density at radius 2 is 2.39 bits per heavy atom. The Labute approximate surface area is 108 Å². The molecule has 0 amide bonds. The molecule has 0 aromatic carbocycles. The normalized spacial score (nSPS) is 11.4. The Morgan fingerprint density at radius 1 is 1.61 bits per heavy atom. The summed E-state index contributed by atoms with van der Waals surface area (Å²) < 4.78 is 5.19. The van der Waals surface area contributed by atoms with Crippen molar-refractivity contribution in [2.75, 3.05) is 5.32 Å². The number of hydrogen-bond acceptors (Lipinski definition) is 5. The number of thiazole rings is 1. The number of hydrogen-bond donors (Lipinski definition) is 2. The summed E-state index contributed by atoms with van der Waals surface area (Å²) in [6.07, 6.45) is 1.61. The van der Waals surface area contributed by atoms with Crippen LogP contribution in [0.15, 0.2) is 28.2 Å². The zero-order chi connectivity index (χ0) is 13.2. The third-order valence-corrected chi connectivity index (χ3v) is 3.47. The van der Waals surface area contributed by atoms with E-state index < -0.39 is 11.4 Å². The number of anilines is 1. The molecule has 0 spiro atoms. The molecule has 0 aliphatic heterocycles. The van der Waals surface area contributed by atoms with Crippen molar-refractivity contribution in [1.82, 2.24) is 4.98 Å². The van der Waals surface area contributed by atoms with E-state index in [1.165, 1.54) is 11.3 Å². The van der Waals surface area contributed by atoms with Crippen LogP contribution < -0.4 is 5.32 Å². The maximum atomic E-state index is 11.1. The van der Waals surface area contributed by atoms with Gasteiger partial charge in [-0.1, -0.05) is 0 Å². The van der Waals surface area contributed by atoms with E-state index in [1.807, 2.05) is 12.1 Å². The largest absolute Gasteiger partial charge is 0.481 e. The summed E-state index contributed by atoms with van der Waals surface area (Å²) in [5.41, 5.74) is -0.414. The first-order valence-electron chi connectivity index (χ1n) is 5.46. The quantitative estimate of drug-likeness (QED) is 0.870. The van der Waals surface area contributed by atoms with Gasteiger partial charge in [0, 0.05) is 5.38 Å². The van der Waals surface area contributed by atoms with E-state index in [4.69, 9.17) is 9.52 Å². The molecule has 0 aliphatic rings. The molecule has 0 unspecified atom stereocenters. The lowest BCUT2D eigenvalue weighted by Crippen LogP contribution is -2.28. The number of furan rings is 1. The van der Waals surface area contributed by atoms with Gasteiger partial charge in [0.05, 0.1) is 18.5 Å². The number of aromatic nitrogens is 1. The number of carboxylic acid groups (broad SMARTS) is 1. The van der Waals surface area contributed by atoms with Crippen LogP contribution in [0.1, 0.15) is 25.3 Å². The van der Waals surface area contributed by atoms with Crippen molar-refractivity contribution in [2.24, 2.45) is 0 Å². The Kier molecular flexibility index (Phi) is 3.38. The maximum absolute atomic E-state index is 11.1. The van der Waals surface area contributed by atoms with Crippen molar-refractivity contribution in [3.05, 3.63) is 35.2 Å². The molecule has 2 aromatic heterocycles. The van der Waals surface area contributed by atoms with Crippen LogP contribution in [0.5, 0.6) is 0 Å². The van der Waals surface area contributed by atoms with E-state index >= 15 is 0 Å². The van der Waals surface area contributed by atoms with Gasteiger partial charge < -0.3 is 14.8 Å². The molecule has 0 radical (unpaired) electrons. The average molecular weight is 266 g/mol. The van der Waals surface area contributed by atoms with Gasteiger partial charge in [0.1, 0.15) is 11.2 Å². The van der Waals surface area contributed by atoms with Crippen LogP contribution in [0.25, 0.3) is 0 Å². The molecule has 0 saturated carbocycles. The summed E-state index contributed by atoms with van der Waals surface area (Å²) in [4.78, 5) is 15.4. The number of rotatable bonds is 5. The number of nitrogens with one attached hydrogen (secondary N) is 1. The van der Waals surface area contributed by atoms with Crippen LogP contribution in [0.2, 0.25) is 0 Å². The SMILES string of the molecule is CC(C)(C(=O)O)c1csc(NCc2ccco2)n1. The fourth-order valence-corrected chi connectivity index (χ4v) is 2.20. The third-order valence-electron chi connectivity index (χ3n) is 2.67. The Morgan fingerprint density at radius 3 is 3.00 bits per heavy atom. The second kappa shape index (κ2) is 4.81. The molecule has 2 rings (SSSR count).